The monoisotopic (exact) mass is 629 g/mol. The van der Waals surface area contributed by atoms with Crippen molar-refractivity contribution in [1.82, 2.24) is 10.2 Å². The van der Waals surface area contributed by atoms with Crippen molar-refractivity contribution < 1.29 is 27.1 Å². The second kappa shape index (κ2) is 14.7. The van der Waals surface area contributed by atoms with Crippen molar-refractivity contribution in [3.8, 4) is 5.75 Å². The molecular formula is C32H37ClFN3O5S. The molecular weight excluding hydrogens is 593 g/mol. The molecule has 1 fully saturated rings. The first-order valence-corrected chi connectivity index (χ1v) is 16.5. The maximum absolute atomic E-state index is 15.0. The first-order chi connectivity index (χ1) is 20.6. The molecule has 4 rings (SSSR count). The summed E-state index contributed by atoms with van der Waals surface area (Å²) in [5.41, 5.74) is 1.07. The van der Waals surface area contributed by atoms with Gasteiger partial charge in [-0.2, -0.15) is 0 Å². The number of methoxy groups -OCH3 is 1. The lowest BCUT2D eigenvalue weighted by Gasteiger charge is -2.35. The average molecular weight is 630 g/mol. The quantitative estimate of drug-likeness (QED) is 0.292. The number of nitrogens with one attached hydrogen (secondary N) is 1. The van der Waals surface area contributed by atoms with E-state index in [1.165, 1.54) is 30.2 Å². The van der Waals surface area contributed by atoms with Gasteiger partial charge in [0.15, 0.2) is 0 Å². The third-order valence-corrected chi connectivity index (χ3v) is 8.97. The van der Waals surface area contributed by atoms with Crippen LogP contribution < -0.4 is 14.4 Å². The Morgan fingerprint density at radius 1 is 1.02 bits per heavy atom. The van der Waals surface area contributed by atoms with Gasteiger partial charge in [-0.25, -0.2) is 12.8 Å². The Morgan fingerprint density at radius 2 is 1.70 bits per heavy atom. The number of carbonyl (C=O) groups excluding carboxylic acids is 2. The lowest BCUT2D eigenvalue weighted by molar-refractivity contribution is -0.140. The van der Waals surface area contributed by atoms with Crippen LogP contribution in [0.25, 0.3) is 0 Å². The number of hydrogen-bond acceptors (Lipinski definition) is 5. The number of ether oxygens (including phenoxy) is 1. The third-order valence-electron chi connectivity index (χ3n) is 7.61. The molecule has 0 bridgehead atoms. The molecule has 3 aromatic rings. The highest BCUT2D eigenvalue weighted by Gasteiger charge is 2.35. The van der Waals surface area contributed by atoms with Crippen molar-refractivity contribution in [2.45, 2.75) is 57.2 Å². The summed E-state index contributed by atoms with van der Waals surface area (Å²) in [4.78, 5) is 29.5. The van der Waals surface area contributed by atoms with Crippen LogP contribution in [-0.4, -0.2) is 57.1 Å². The third kappa shape index (κ3) is 8.70. The van der Waals surface area contributed by atoms with E-state index in [2.05, 4.69) is 5.32 Å². The molecule has 11 heteroatoms. The second-order valence-electron chi connectivity index (χ2n) is 10.7. The number of nitrogens with zero attached hydrogens (tertiary/aromatic N) is 2. The molecule has 1 N–H and O–H groups in total. The first kappa shape index (κ1) is 32.3. The molecule has 1 saturated carbocycles. The van der Waals surface area contributed by atoms with Crippen LogP contribution >= 0.6 is 11.6 Å². The number of sulfonamides is 1. The molecule has 0 heterocycles. The van der Waals surface area contributed by atoms with Gasteiger partial charge in [0.1, 0.15) is 24.2 Å². The van der Waals surface area contributed by atoms with Crippen LogP contribution in [0.1, 0.15) is 43.2 Å². The standard InChI is InChI=1S/C32H37ClFN3O5S/c1-42-30-18-17-25(33)20-28(30)37(43(2,40)41)22-31(38)36(21-24-13-9-10-16-27(24)34)29(19-23-11-5-3-6-12-23)32(39)35-26-14-7-4-8-15-26/h3,5-6,9-13,16-18,20,26,29H,4,7-8,14-15,19,21-22H2,1-2H3,(H,35,39)/t29-/m0/s1. The van der Waals surface area contributed by atoms with Crippen LogP contribution in [0.4, 0.5) is 10.1 Å². The van der Waals surface area contributed by atoms with Gasteiger partial charge < -0.3 is 15.0 Å². The van der Waals surface area contributed by atoms with E-state index < -0.39 is 34.3 Å². The smallest absolute Gasteiger partial charge is 0.244 e. The fourth-order valence-electron chi connectivity index (χ4n) is 5.36. The van der Waals surface area contributed by atoms with Gasteiger partial charge in [-0.15, -0.1) is 0 Å². The summed E-state index contributed by atoms with van der Waals surface area (Å²) in [5, 5.41) is 3.36. The number of hydrogen-bond donors (Lipinski definition) is 1. The molecule has 43 heavy (non-hydrogen) atoms. The van der Waals surface area contributed by atoms with E-state index >= 15 is 0 Å². The van der Waals surface area contributed by atoms with E-state index in [4.69, 9.17) is 16.3 Å². The lowest BCUT2D eigenvalue weighted by Crippen LogP contribution is -2.55. The molecule has 2 amide bonds. The molecule has 1 aliphatic carbocycles. The molecule has 3 aromatic carbocycles. The number of anilines is 1. The summed E-state index contributed by atoms with van der Waals surface area (Å²) < 4.78 is 47.3. The molecule has 0 spiro atoms. The van der Waals surface area contributed by atoms with Crippen LogP contribution in [0, 0.1) is 5.82 Å². The van der Waals surface area contributed by atoms with E-state index in [9.17, 15) is 22.4 Å². The first-order valence-electron chi connectivity index (χ1n) is 14.2. The van der Waals surface area contributed by atoms with Gasteiger partial charge in [-0.1, -0.05) is 79.4 Å². The van der Waals surface area contributed by atoms with Gasteiger partial charge in [0.2, 0.25) is 21.8 Å². The topological polar surface area (TPSA) is 96.0 Å². The molecule has 0 radical (unpaired) electrons. The zero-order valence-corrected chi connectivity index (χ0v) is 25.9. The van der Waals surface area contributed by atoms with Crippen molar-refractivity contribution in [2.24, 2.45) is 0 Å². The van der Waals surface area contributed by atoms with Crippen LogP contribution in [0.3, 0.4) is 0 Å². The molecule has 8 nitrogen and oxygen atoms in total. The van der Waals surface area contributed by atoms with Crippen molar-refractivity contribution in [2.75, 3.05) is 24.2 Å². The maximum Gasteiger partial charge on any atom is 0.244 e. The van der Waals surface area contributed by atoms with Crippen molar-refractivity contribution in [1.29, 1.82) is 0 Å². The fourth-order valence-corrected chi connectivity index (χ4v) is 6.37. The molecule has 1 atom stereocenters. The van der Waals surface area contributed by atoms with E-state index in [0.29, 0.717) is 0 Å². The minimum Gasteiger partial charge on any atom is -0.495 e. The summed E-state index contributed by atoms with van der Waals surface area (Å²) in [6.07, 6.45) is 5.89. The zero-order chi connectivity index (χ0) is 31.0. The average Bonchev–Trinajstić information content (AvgIpc) is 2.99. The summed E-state index contributed by atoms with van der Waals surface area (Å²) >= 11 is 6.20. The highest BCUT2D eigenvalue weighted by atomic mass is 35.5. The van der Waals surface area contributed by atoms with Gasteiger partial charge >= 0.3 is 0 Å². The van der Waals surface area contributed by atoms with Gasteiger partial charge in [-0.05, 0) is 42.7 Å². The van der Waals surface area contributed by atoms with Crippen LogP contribution in [-0.2, 0) is 32.6 Å². The van der Waals surface area contributed by atoms with Gasteiger partial charge in [-0.3, -0.25) is 13.9 Å². The summed E-state index contributed by atoms with van der Waals surface area (Å²) in [7, 11) is -2.65. The van der Waals surface area contributed by atoms with Crippen LogP contribution in [0.2, 0.25) is 5.02 Å². The number of rotatable bonds is 12. The Balaban J connectivity index is 1.76. The van der Waals surface area contributed by atoms with Crippen molar-refractivity contribution >= 4 is 39.1 Å². The van der Waals surface area contributed by atoms with E-state index in [-0.39, 0.29) is 46.9 Å². The minimum absolute atomic E-state index is 0.0341. The molecule has 230 valence electrons. The summed E-state index contributed by atoms with van der Waals surface area (Å²) in [6.45, 7) is -0.905. The zero-order valence-electron chi connectivity index (χ0n) is 24.3. The van der Waals surface area contributed by atoms with Gasteiger partial charge in [0.05, 0.1) is 19.1 Å². The Hall–Kier alpha value is -3.63. The highest BCUT2D eigenvalue weighted by Crippen LogP contribution is 2.33. The normalized spacial score (nSPS) is 14.5. The second-order valence-corrected chi connectivity index (χ2v) is 13.1. The van der Waals surface area contributed by atoms with E-state index in [1.807, 2.05) is 30.3 Å². The predicted octanol–water partition coefficient (Wildman–Crippen LogP) is 5.34. The molecule has 0 aliphatic heterocycles. The number of benzene rings is 3. The Kier molecular flexibility index (Phi) is 11.0. The fraction of sp³-hybridized carbons (Fsp3) is 0.375. The van der Waals surface area contributed by atoms with Crippen molar-refractivity contribution in [3.05, 3.63) is 94.8 Å². The molecule has 0 aromatic heterocycles. The minimum atomic E-state index is -4.03. The van der Waals surface area contributed by atoms with Gasteiger partial charge in [0, 0.05) is 29.6 Å². The Labute approximate surface area is 257 Å². The summed E-state index contributed by atoms with van der Waals surface area (Å²) in [6, 6.07) is 18.6. The SMILES string of the molecule is COc1ccc(Cl)cc1N(CC(=O)N(Cc1ccccc1F)[C@@H](Cc1ccccc1)C(=O)NC1CCCCC1)S(C)(=O)=O. The highest BCUT2D eigenvalue weighted by molar-refractivity contribution is 7.92. The molecule has 0 saturated heterocycles. The maximum atomic E-state index is 15.0. The molecule has 1 aliphatic rings. The predicted molar refractivity (Wildman–Crippen MR) is 166 cm³/mol. The van der Waals surface area contributed by atoms with Crippen LogP contribution in [0.15, 0.2) is 72.8 Å². The van der Waals surface area contributed by atoms with Gasteiger partial charge in [0.25, 0.3) is 0 Å². The number of amides is 2. The lowest BCUT2D eigenvalue weighted by atomic mass is 9.94. The number of carbonyl (C=O) groups is 2. The van der Waals surface area contributed by atoms with Crippen LogP contribution in [0.5, 0.6) is 5.75 Å². The van der Waals surface area contributed by atoms with Crippen molar-refractivity contribution in [3.63, 3.8) is 0 Å². The van der Waals surface area contributed by atoms with E-state index in [1.54, 1.807) is 24.3 Å². The summed E-state index contributed by atoms with van der Waals surface area (Å²) in [5.74, 6) is -1.40. The van der Waals surface area contributed by atoms with E-state index in [0.717, 1.165) is 48.2 Å². The largest absolute Gasteiger partial charge is 0.495 e. The number of halogens is 2. The Morgan fingerprint density at radius 3 is 2.35 bits per heavy atom. The Bertz CT molecular complexity index is 1520. The molecule has 0 unspecified atom stereocenters.